The summed E-state index contributed by atoms with van der Waals surface area (Å²) in [6.45, 7) is -2.67. The monoisotopic (exact) mass is 236 g/mol. The molecule has 0 aliphatic heterocycles. The summed E-state index contributed by atoms with van der Waals surface area (Å²) < 4.78 is 12.9. The number of esters is 3. The molecule has 0 amide bonds. The molecule has 0 aliphatic rings. The first-order valence-electron chi connectivity index (χ1n) is 4.28. The largest absolute Gasteiger partial charge is 0.461 e. The van der Waals surface area contributed by atoms with Gasteiger partial charge in [-0.2, -0.15) is 0 Å². The molecule has 2 N–H and O–H groups in total. The molecule has 0 unspecified atom stereocenters. The van der Waals surface area contributed by atoms with Crippen molar-refractivity contribution in [3.8, 4) is 0 Å². The van der Waals surface area contributed by atoms with E-state index < -0.39 is 37.7 Å². The van der Waals surface area contributed by atoms with E-state index in [2.05, 4.69) is 14.2 Å². The van der Waals surface area contributed by atoms with E-state index in [-0.39, 0.29) is 13.2 Å². The van der Waals surface area contributed by atoms with E-state index in [1.165, 1.54) is 0 Å². The molecule has 0 aromatic heterocycles. The number of aliphatic hydroxyl groups is 2. The highest BCUT2D eigenvalue weighted by Gasteiger charge is 2.10. The summed E-state index contributed by atoms with van der Waals surface area (Å²) in [4.78, 5) is 31.9. The van der Waals surface area contributed by atoms with Crippen LogP contribution in [0.2, 0.25) is 0 Å². The minimum atomic E-state index is -0.972. The molecule has 0 bridgehead atoms. The topological polar surface area (TPSA) is 119 Å². The second-order valence-electron chi connectivity index (χ2n) is 2.42. The van der Waals surface area contributed by atoms with Crippen LogP contribution in [-0.2, 0) is 28.6 Å². The molecule has 8 nitrogen and oxygen atoms in total. The fourth-order valence-electron chi connectivity index (χ4n) is 0.567. The Kier molecular flexibility index (Phi) is 7.72. The second kappa shape index (κ2) is 8.62. The minimum absolute atomic E-state index is 0.185. The van der Waals surface area contributed by atoms with Gasteiger partial charge in [0.2, 0.25) is 0 Å². The Labute approximate surface area is 90.7 Å². The molecule has 8 heteroatoms. The normalized spacial score (nSPS) is 9.38. The van der Waals surface area contributed by atoms with E-state index >= 15 is 0 Å². The molecule has 0 heterocycles. The number of carbonyl (C=O) groups excluding carboxylic acids is 3. The predicted octanol–water partition coefficient (Wildman–Crippen LogP) is -2.40. The van der Waals surface area contributed by atoms with Gasteiger partial charge in [0, 0.05) is 0 Å². The second-order valence-corrected chi connectivity index (χ2v) is 2.42. The van der Waals surface area contributed by atoms with Crippen LogP contribution in [0.3, 0.4) is 0 Å². The molecule has 0 saturated heterocycles. The summed E-state index contributed by atoms with van der Waals surface area (Å²) in [5.41, 5.74) is 0. The van der Waals surface area contributed by atoms with Crippen molar-refractivity contribution < 1.29 is 38.8 Å². The van der Waals surface area contributed by atoms with Gasteiger partial charge in [-0.25, -0.2) is 14.4 Å². The number of ether oxygens (including phenoxy) is 3. The van der Waals surface area contributed by atoms with Gasteiger partial charge in [-0.3, -0.25) is 0 Å². The van der Waals surface area contributed by atoms with E-state index in [9.17, 15) is 14.4 Å². The van der Waals surface area contributed by atoms with Crippen LogP contribution in [-0.4, -0.2) is 61.2 Å². The summed E-state index contributed by atoms with van der Waals surface area (Å²) in [6.07, 6.45) is 0. The maximum absolute atomic E-state index is 10.8. The van der Waals surface area contributed by atoms with Crippen molar-refractivity contribution in [2.75, 3.05) is 33.0 Å². The number of hydrogen-bond donors (Lipinski definition) is 2. The average Bonchev–Trinajstić information content (AvgIpc) is 2.30. The van der Waals surface area contributed by atoms with Gasteiger partial charge in [0.05, 0.1) is 6.61 Å². The van der Waals surface area contributed by atoms with Crippen LogP contribution in [0.15, 0.2) is 0 Å². The molecule has 0 rings (SSSR count). The third kappa shape index (κ3) is 7.71. The zero-order valence-corrected chi connectivity index (χ0v) is 8.38. The Morgan fingerprint density at radius 2 is 1.31 bits per heavy atom. The standard InChI is InChI=1S/C8H12O8/c9-1-2-14-7(12)4-16-8(13)5-15-6(11)3-10/h9-10H,1-5H2. The number of hydrogen-bond acceptors (Lipinski definition) is 8. The summed E-state index contributed by atoms with van der Waals surface area (Å²) in [5.74, 6) is -2.74. The van der Waals surface area contributed by atoms with Gasteiger partial charge in [-0.1, -0.05) is 0 Å². The highest BCUT2D eigenvalue weighted by molar-refractivity contribution is 5.79. The molecule has 16 heavy (non-hydrogen) atoms. The maximum Gasteiger partial charge on any atom is 0.344 e. The number of carbonyl (C=O) groups is 3. The van der Waals surface area contributed by atoms with Gasteiger partial charge in [-0.05, 0) is 0 Å². The number of aliphatic hydroxyl groups excluding tert-OH is 2. The third-order valence-corrected chi connectivity index (χ3v) is 1.19. The van der Waals surface area contributed by atoms with Crippen molar-refractivity contribution in [1.82, 2.24) is 0 Å². The first-order valence-corrected chi connectivity index (χ1v) is 4.28. The molecular weight excluding hydrogens is 224 g/mol. The van der Waals surface area contributed by atoms with Crippen LogP contribution in [0.25, 0.3) is 0 Å². The van der Waals surface area contributed by atoms with Crippen LogP contribution >= 0.6 is 0 Å². The Bertz CT molecular complexity index is 248. The van der Waals surface area contributed by atoms with Gasteiger partial charge >= 0.3 is 17.9 Å². The predicted molar refractivity (Wildman–Crippen MR) is 47.0 cm³/mol. The van der Waals surface area contributed by atoms with Crippen LogP contribution in [0.4, 0.5) is 0 Å². The van der Waals surface area contributed by atoms with Crippen LogP contribution in [0.5, 0.6) is 0 Å². The van der Waals surface area contributed by atoms with Gasteiger partial charge in [0.25, 0.3) is 0 Å². The summed E-state index contributed by atoms with van der Waals surface area (Å²) >= 11 is 0. The Hall–Kier alpha value is -1.67. The van der Waals surface area contributed by atoms with Crippen molar-refractivity contribution in [2.45, 2.75) is 0 Å². The zero-order chi connectivity index (χ0) is 12.4. The lowest BCUT2D eigenvalue weighted by Gasteiger charge is -2.05. The molecule has 0 saturated carbocycles. The zero-order valence-electron chi connectivity index (χ0n) is 8.38. The highest BCUT2D eigenvalue weighted by atomic mass is 16.6. The van der Waals surface area contributed by atoms with E-state index in [0.29, 0.717) is 0 Å². The van der Waals surface area contributed by atoms with Crippen LogP contribution < -0.4 is 0 Å². The SMILES string of the molecule is O=C(CO)OCC(=O)OCC(=O)OCCO. The lowest BCUT2D eigenvalue weighted by molar-refractivity contribution is -0.166. The van der Waals surface area contributed by atoms with E-state index in [4.69, 9.17) is 10.2 Å². The molecule has 0 aliphatic carbocycles. The lowest BCUT2D eigenvalue weighted by Crippen LogP contribution is -2.22. The Balaban J connectivity index is 3.57. The van der Waals surface area contributed by atoms with Gasteiger partial charge in [0.15, 0.2) is 13.2 Å². The van der Waals surface area contributed by atoms with Crippen molar-refractivity contribution in [1.29, 1.82) is 0 Å². The summed E-state index contributed by atoms with van der Waals surface area (Å²) in [6, 6.07) is 0. The Morgan fingerprint density at radius 3 is 1.81 bits per heavy atom. The van der Waals surface area contributed by atoms with E-state index in [1.54, 1.807) is 0 Å². The molecule has 92 valence electrons. The fourth-order valence-corrected chi connectivity index (χ4v) is 0.567. The quantitative estimate of drug-likeness (QED) is 0.371. The first-order chi connectivity index (χ1) is 7.60. The molecule has 0 radical (unpaired) electrons. The first kappa shape index (κ1) is 14.3. The molecule has 0 aromatic rings. The van der Waals surface area contributed by atoms with Crippen LogP contribution in [0.1, 0.15) is 0 Å². The smallest absolute Gasteiger partial charge is 0.344 e. The van der Waals surface area contributed by atoms with Crippen molar-refractivity contribution in [2.24, 2.45) is 0 Å². The van der Waals surface area contributed by atoms with E-state index in [1.807, 2.05) is 0 Å². The van der Waals surface area contributed by atoms with Crippen molar-refractivity contribution in [3.63, 3.8) is 0 Å². The molecular formula is C8H12O8. The van der Waals surface area contributed by atoms with Gasteiger partial charge in [-0.15, -0.1) is 0 Å². The molecule has 0 aromatic carbocycles. The molecule has 0 fully saturated rings. The summed E-state index contributed by atoms with van der Waals surface area (Å²) in [7, 11) is 0. The highest BCUT2D eigenvalue weighted by Crippen LogP contribution is 1.86. The van der Waals surface area contributed by atoms with Crippen molar-refractivity contribution >= 4 is 17.9 Å². The average molecular weight is 236 g/mol. The summed E-state index contributed by atoms with van der Waals surface area (Å²) in [5, 5.41) is 16.5. The van der Waals surface area contributed by atoms with E-state index in [0.717, 1.165) is 0 Å². The number of rotatable bonds is 7. The maximum atomic E-state index is 10.8. The van der Waals surface area contributed by atoms with Gasteiger partial charge < -0.3 is 24.4 Å². The lowest BCUT2D eigenvalue weighted by atomic mass is 10.6. The van der Waals surface area contributed by atoms with Crippen molar-refractivity contribution in [3.05, 3.63) is 0 Å². The Morgan fingerprint density at radius 1 is 0.812 bits per heavy atom. The van der Waals surface area contributed by atoms with Crippen LogP contribution in [0, 0.1) is 0 Å². The third-order valence-electron chi connectivity index (χ3n) is 1.19. The minimum Gasteiger partial charge on any atom is -0.461 e. The molecule has 0 atom stereocenters. The molecule has 0 spiro atoms. The fraction of sp³-hybridized carbons (Fsp3) is 0.625. The van der Waals surface area contributed by atoms with Gasteiger partial charge in [0.1, 0.15) is 13.2 Å².